The molecule has 2 aromatic rings. The van der Waals surface area contributed by atoms with Crippen LogP contribution in [0.2, 0.25) is 0 Å². The van der Waals surface area contributed by atoms with Gasteiger partial charge in [0.15, 0.2) is 0 Å². The van der Waals surface area contributed by atoms with Crippen LogP contribution in [0.5, 0.6) is 0 Å². The van der Waals surface area contributed by atoms with Crippen LogP contribution in [0.3, 0.4) is 0 Å². The summed E-state index contributed by atoms with van der Waals surface area (Å²) in [6, 6.07) is 7.06. The van der Waals surface area contributed by atoms with E-state index in [1.165, 1.54) is 6.07 Å². The number of benzene rings is 1. The van der Waals surface area contributed by atoms with Gasteiger partial charge in [0.05, 0.1) is 0 Å². The molecule has 0 fully saturated rings. The Hall–Kier alpha value is -1.19. The van der Waals surface area contributed by atoms with Crippen molar-refractivity contribution in [3.8, 4) is 11.1 Å². The number of halogens is 1. The van der Waals surface area contributed by atoms with E-state index in [-0.39, 0.29) is 12.4 Å². The number of hydrogen-bond donors (Lipinski definition) is 1. The minimum absolute atomic E-state index is 0.230. The monoisotopic (exact) mass is 207 g/mol. The summed E-state index contributed by atoms with van der Waals surface area (Å²) < 4.78 is 13.1. The minimum atomic E-state index is -0.230. The first kappa shape index (κ1) is 9.37. The van der Waals surface area contributed by atoms with Crippen LogP contribution >= 0.6 is 11.3 Å². The Bertz CT molecular complexity index is 423. The van der Waals surface area contributed by atoms with Crippen LogP contribution < -0.4 is 5.73 Å². The standard InChI is InChI=1S/C11H10FNS/c12-11-2-1-8(5-10(11)6-13)9-3-4-14-7-9/h1-5,7H,6,13H2. The second-order valence-corrected chi connectivity index (χ2v) is 3.80. The summed E-state index contributed by atoms with van der Waals surface area (Å²) in [5.41, 5.74) is 8.14. The first-order chi connectivity index (χ1) is 6.81. The van der Waals surface area contributed by atoms with Crippen molar-refractivity contribution in [2.75, 3.05) is 0 Å². The largest absolute Gasteiger partial charge is 0.326 e. The molecule has 1 nitrogen and oxygen atoms in total. The highest BCUT2D eigenvalue weighted by Gasteiger charge is 2.03. The zero-order chi connectivity index (χ0) is 9.97. The Kier molecular flexibility index (Phi) is 2.61. The fraction of sp³-hybridized carbons (Fsp3) is 0.0909. The van der Waals surface area contributed by atoms with Gasteiger partial charge in [-0.25, -0.2) is 4.39 Å². The maximum Gasteiger partial charge on any atom is 0.127 e. The molecule has 0 aliphatic carbocycles. The van der Waals surface area contributed by atoms with E-state index in [4.69, 9.17) is 5.73 Å². The van der Waals surface area contributed by atoms with Gasteiger partial charge in [-0.1, -0.05) is 6.07 Å². The van der Waals surface area contributed by atoms with E-state index < -0.39 is 0 Å². The molecule has 0 radical (unpaired) electrons. The molecule has 0 aliphatic heterocycles. The molecule has 0 amide bonds. The fourth-order valence-electron chi connectivity index (χ4n) is 1.34. The third-order valence-corrected chi connectivity index (χ3v) is 2.80. The van der Waals surface area contributed by atoms with E-state index >= 15 is 0 Å². The Morgan fingerprint density at radius 2 is 2.07 bits per heavy atom. The lowest BCUT2D eigenvalue weighted by Gasteiger charge is -2.02. The molecule has 0 bridgehead atoms. The average molecular weight is 207 g/mol. The second-order valence-electron chi connectivity index (χ2n) is 3.02. The lowest BCUT2D eigenvalue weighted by molar-refractivity contribution is 0.611. The third kappa shape index (κ3) is 1.69. The first-order valence-corrected chi connectivity index (χ1v) is 5.26. The van der Waals surface area contributed by atoms with E-state index in [1.807, 2.05) is 16.8 Å². The molecule has 1 aromatic carbocycles. The lowest BCUT2D eigenvalue weighted by atomic mass is 10.1. The number of rotatable bonds is 2. The zero-order valence-electron chi connectivity index (χ0n) is 7.53. The van der Waals surface area contributed by atoms with Crippen LogP contribution in [0.4, 0.5) is 4.39 Å². The predicted octanol–water partition coefficient (Wildman–Crippen LogP) is 3.01. The van der Waals surface area contributed by atoms with E-state index in [2.05, 4.69) is 0 Å². The van der Waals surface area contributed by atoms with E-state index in [0.717, 1.165) is 11.1 Å². The van der Waals surface area contributed by atoms with Crippen LogP contribution in [0.25, 0.3) is 11.1 Å². The summed E-state index contributed by atoms with van der Waals surface area (Å²) >= 11 is 1.63. The molecule has 14 heavy (non-hydrogen) atoms. The summed E-state index contributed by atoms with van der Waals surface area (Å²) in [6.45, 7) is 0.240. The minimum Gasteiger partial charge on any atom is -0.326 e. The molecular formula is C11H10FNS. The maximum absolute atomic E-state index is 13.1. The van der Waals surface area contributed by atoms with Crippen molar-refractivity contribution < 1.29 is 4.39 Å². The quantitative estimate of drug-likeness (QED) is 0.804. The summed E-state index contributed by atoms with van der Waals surface area (Å²) in [6.07, 6.45) is 0. The van der Waals surface area contributed by atoms with Crippen molar-refractivity contribution in [3.63, 3.8) is 0 Å². The topological polar surface area (TPSA) is 26.0 Å². The number of nitrogens with two attached hydrogens (primary N) is 1. The van der Waals surface area contributed by atoms with Gasteiger partial charge in [-0.2, -0.15) is 11.3 Å². The van der Waals surface area contributed by atoms with E-state index in [1.54, 1.807) is 23.5 Å². The second kappa shape index (κ2) is 3.90. The first-order valence-electron chi connectivity index (χ1n) is 4.32. The maximum atomic E-state index is 13.1. The predicted molar refractivity (Wildman–Crippen MR) is 57.6 cm³/mol. The number of thiophene rings is 1. The average Bonchev–Trinajstić information content (AvgIpc) is 2.71. The zero-order valence-corrected chi connectivity index (χ0v) is 8.35. The molecule has 0 atom stereocenters. The van der Waals surface area contributed by atoms with Crippen molar-refractivity contribution in [3.05, 3.63) is 46.4 Å². The molecule has 0 unspecified atom stereocenters. The Labute approximate surface area is 86.0 Å². The summed E-state index contributed by atoms with van der Waals surface area (Å²) in [5.74, 6) is -0.230. The molecule has 0 aliphatic rings. The number of hydrogen-bond acceptors (Lipinski definition) is 2. The van der Waals surface area contributed by atoms with Gasteiger partial charge in [-0.15, -0.1) is 0 Å². The molecule has 3 heteroatoms. The van der Waals surface area contributed by atoms with Crippen molar-refractivity contribution in [1.29, 1.82) is 0 Å². The Balaban J connectivity index is 2.46. The molecule has 1 aromatic heterocycles. The highest BCUT2D eigenvalue weighted by atomic mass is 32.1. The molecule has 2 N–H and O–H groups in total. The van der Waals surface area contributed by atoms with Crippen molar-refractivity contribution in [1.82, 2.24) is 0 Å². The molecule has 1 heterocycles. The Morgan fingerprint density at radius 1 is 1.21 bits per heavy atom. The molecule has 72 valence electrons. The van der Waals surface area contributed by atoms with Crippen LogP contribution in [0.1, 0.15) is 5.56 Å². The van der Waals surface area contributed by atoms with Crippen molar-refractivity contribution in [2.24, 2.45) is 5.73 Å². The fourth-order valence-corrected chi connectivity index (χ4v) is 2.00. The van der Waals surface area contributed by atoms with Gasteiger partial charge in [0.1, 0.15) is 5.82 Å². The molecule has 0 spiro atoms. The van der Waals surface area contributed by atoms with Gasteiger partial charge in [-0.3, -0.25) is 0 Å². The van der Waals surface area contributed by atoms with Crippen LogP contribution in [-0.4, -0.2) is 0 Å². The molecule has 0 saturated heterocycles. The van der Waals surface area contributed by atoms with Gasteiger partial charge in [0, 0.05) is 12.1 Å². The summed E-state index contributed by atoms with van der Waals surface area (Å²) in [5, 5.41) is 4.04. The highest BCUT2D eigenvalue weighted by molar-refractivity contribution is 7.08. The van der Waals surface area contributed by atoms with E-state index in [9.17, 15) is 4.39 Å². The van der Waals surface area contributed by atoms with Crippen molar-refractivity contribution >= 4 is 11.3 Å². The van der Waals surface area contributed by atoms with Gasteiger partial charge < -0.3 is 5.73 Å². The normalized spacial score (nSPS) is 10.4. The van der Waals surface area contributed by atoms with Crippen LogP contribution in [-0.2, 0) is 6.54 Å². The lowest BCUT2D eigenvalue weighted by Crippen LogP contribution is -1.99. The van der Waals surface area contributed by atoms with Gasteiger partial charge in [-0.05, 0) is 40.1 Å². The smallest absolute Gasteiger partial charge is 0.127 e. The summed E-state index contributed by atoms with van der Waals surface area (Å²) in [4.78, 5) is 0. The van der Waals surface area contributed by atoms with Crippen LogP contribution in [0, 0.1) is 5.82 Å². The van der Waals surface area contributed by atoms with Crippen LogP contribution in [0.15, 0.2) is 35.0 Å². The molecule has 2 rings (SSSR count). The molecular weight excluding hydrogens is 197 g/mol. The molecule has 0 saturated carbocycles. The SMILES string of the molecule is NCc1cc(-c2ccsc2)ccc1F. The Morgan fingerprint density at radius 3 is 2.71 bits per heavy atom. The van der Waals surface area contributed by atoms with Gasteiger partial charge in [0.25, 0.3) is 0 Å². The van der Waals surface area contributed by atoms with Gasteiger partial charge in [0.2, 0.25) is 0 Å². The highest BCUT2D eigenvalue weighted by Crippen LogP contribution is 2.23. The van der Waals surface area contributed by atoms with E-state index in [0.29, 0.717) is 5.56 Å². The van der Waals surface area contributed by atoms with Gasteiger partial charge >= 0.3 is 0 Å². The third-order valence-electron chi connectivity index (χ3n) is 2.12. The van der Waals surface area contributed by atoms with Crippen molar-refractivity contribution in [2.45, 2.75) is 6.54 Å². The summed E-state index contributed by atoms with van der Waals surface area (Å²) in [7, 11) is 0.